The topological polar surface area (TPSA) is 41.5 Å². The molecule has 0 aromatic rings. The van der Waals surface area contributed by atoms with Gasteiger partial charge in [0.2, 0.25) is 0 Å². The lowest BCUT2D eigenvalue weighted by Crippen LogP contribution is -2.39. The maximum absolute atomic E-state index is 11.2. The van der Waals surface area contributed by atoms with Gasteiger partial charge in [0.25, 0.3) is 5.91 Å². The summed E-state index contributed by atoms with van der Waals surface area (Å²) in [6.45, 7) is 6.01. The first-order chi connectivity index (χ1) is 5.26. The number of hydrazone groups is 1. The molecule has 3 nitrogen and oxygen atoms in total. The van der Waals surface area contributed by atoms with Crippen LogP contribution in [0.25, 0.3) is 0 Å². The van der Waals surface area contributed by atoms with Gasteiger partial charge in [-0.25, -0.2) is 5.43 Å². The van der Waals surface area contributed by atoms with Crippen molar-refractivity contribution < 1.29 is 4.79 Å². The Bertz CT molecular complexity index is 253. The molecule has 12 heavy (non-hydrogen) atoms. The number of hydrogen-bond acceptors (Lipinski definition) is 2. The third-order valence-corrected chi connectivity index (χ3v) is 3.03. The van der Waals surface area contributed by atoms with E-state index in [9.17, 15) is 4.79 Å². The monoisotopic (exact) mass is 296 g/mol. The Kier molecular flexibility index (Phi) is 2.38. The molecule has 0 unspecified atom stereocenters. The van der Waals surface area contributed by atoms with Gasteiger partial charge in [-0.05, 0) is 0 Å². The molecule has 0 radical (unpaired) electrons. The molecule has 0 saturated heterocycles. The quantitative estimate of drug-likeness (QED) is 0.683. The summed E-state index contributed by atoms with van der Waals surface area (Å²) in [5.74, 6) is -0.174. The fraction of sp³-hybridized carbons (Fsp3) is 0.714. The number of carbonyl (C=O) groups excluding carboxylic acids is 1. The second kappa shape index (κ2) is 2.80. The molecule has 1 N–H and O–H groups in total. The molecular formula is C7H10Br2N2O. The van der Waals surface area contributed by atoms with E-state index in [1.54, 1.807) is 0 Å². The number of nitrogens with zero attached hydrogens (tertiary/aromatic N) is 1. The molecule has 1 aliphatic rings. The summed E-state index contributed by atoms with van der Waals surface area (Å²) in [6, 6.07) is 0. The number of carbonyl (C=O) groups is 1. The van der Waals surface area contributed by atoms with Gasteiger partial charge >= 0.3 is 0 Å². The Morgan fingerprint density at radius 3 is 2.08 bits per heavy atom. The van der Waals surface area contributed by atoms with Crippen molar-refractivity contribution in [2.75, 3.05) is 0 Å². The Morgan fingerprint density at radius 1 is 1.42 bits per heavy atom. The van der Waals surface area contributed by atoms with Crippen molar-refractivity contribution >= 4 is 43.5 Å². The van der Waals surface area contributed by atoms with Gasteiger partial charge in [0.05, 0.1) is 5.71 Å². The summed E-state index contributed by atoms with van der Waals surface area (Å²) in [5, 5.41) is 3.96. The largest absolute Gasteiger partial charge is 0.273 e. The van der Waals surface area contributed by atoms with Gasteiger partial charge in [-0.1, -0.05) is 52.6 Å². The average molecular weight is 298 g/mol. The lowest BCUT2D eigenvalue weighted by molar-refractivity contribution is -0.119. The maximum Gasteiger partial charge on any atom is 0.273 e. The number of nitrogens with one attached hydrogen (secondary N) is 1. The van der Waals surface area contributed by atoms with Crippen LogP contribution in [-0.4, -0.2) is 14.9 Å². The third-order valence-electron chi connectivity index (χ3n) is 1.56. The lowest BCUT2D eigenvalue weighted by Gasteiger charge is -2.24. The van der Waals surface area contributed by atoms with E-state index >= 15 is 0 Å². The molecule has 0 aromatic carbocycles. The van der Waals surface area contributed by atoms with E-state index < -0.39 is 3.23 Å². The third kappa shape index (κ3) is 1.57. The molecule has 0 atom stereocenters. The van der Waals surface area contributed by atoms with Crippen LogP contribution in [0.2, 0.25) is 0 Å². The number of halogens is 2. The van der Waals surface area contributed by atoms with Gasteiger partial charge in [-0.15, -0.1) is 0 Å². The Labute approximate surface area is 88.2 Å². The zero-order valence-electron chi connectivity index (χ0n) is 7.11. The van der Waals surface area contributed by atoms with E-state index in [0.717, 1.165) is 5.71 Å². The smallest absolute Gasteiger partial charge is 0.270 e. The normalized spacial score (nSPS) is 22.1. The van der Waals surface area contributed by atoms with Crippen LogP contribution in [0.3, 0.4) is 0 Å². The lowest BCUT2D eigenvalue weighted by atomic mass is 9.88. The van der Waals surface area contributed by atoms with E-state index in [2.05, 4.69) is 42.4 Å². The van der Waals surface area contributed by atoms with Crippen LogP contribution in [0.1, 0.15) is 20.8 Å². The second-order valence-electron chi connectivity index (χ2n) is 3.73. The van der Waals surface area contributed by atoms with Crippen LogP contribution in [0, 0.1) is 5.41 Å². The van der Waals surface area contributed by atoms with Gasteiger partial charge < -0.3 is 0 Å². The number of amides is 1. The minimum absolute atomic E-state index is 0.133. The number of hydrogen-bond donors (Lipinski definition) is 1. The molecular weight excluding hydrogens is 288 g/mol. The molecule has 1 heterocycles. The zero-order chi connectivity index (χ0) is 9.57. The SMILES string of the molecule is CC(C)(C)C1=NNC(=O)C1(Br)Br. The summed E-state index contributed by atoms with van der Waals surface area (Å²) < 4.78 is -0.821. The summed E-state index contributed by atoms with van der Waals surface area (Å²) in [4.78, 5) is 11.2. The molecule has 0 fully saturated rings. The van der Waals surface area contributed by atoms with Crippen LogP contribution in [0.5, 0.6) is 0 Å². The standard InChI is InChI=1S/C7H10Br2N2O/c1-6(2,3)4-7(8,9)5(12)11-10-4/h1-3H3,(H,11,12). The van der Waals surface area contributed by atoms with E-state index in [1.165, 1.54) is 0 Å². The van der Waals surface area contributed by atoms with Gasteiger partial charge in [0, 0.05) is 5.41 Å². The molecule has 5 heteroatoms. The van der Waals surface area contributed by atoms with E-state index in [-0.39, 0.29) is 11.3 Å². The van der Waals surface area contributed by atoms with E-state index in [0.29, 0.717) is 0 Å². The van der Waals surface area contributed by atoms with Crippen molar-refractivity contribution in [1.29, 1.82) is 0 Å². The molecule has 1 amide bonds. The van der Waals surface area contributed by atoms with Crippen molar-refractivity contribution in [3.8, 4) is 0 Å². The molecule has 0 saturated carbocycles. The zero-order valence-corrected chi connectivity index (χ0v) is 10.3. The number of alkyl halides is 2. The highest BCUT2D eigenvalue weighted by Gasteiger charge is 2.47. The highest BCUT2D eigenvalue weighted by molar-refractivity contribution is 9.26. The molecule has 0 aromatic heterocycles. The van der Waals surface area contributed by atoms with Gasteiger partial charge in [0.15, 0.2) is 3.23 Å². The van der Waals surface area contributed by atoms with Crippen LogP contribution in [0.15, 0.2) is 5.10 Å². The summed E-state index contributed by atoms with van der Waals surface area (Å²) in [6.07, 6.45) is 0. The van der Waals surface area contributed by atoms with Crippen molar-refractivity contribution in [3.05, 3.63) is 0 Å². The van der Waals surface area contributed by atoms with Crippen molar-refractivity contribution in [3.63, 3.8) is 0 Å². The van der Waals surface area contributed by atoms with Crippen LogP contribution in [0.4, 0.5) is 0 Å². The summed E-state index contributed by atoms with van der Waals surface area (Å²) in [5.41, 5.74) is 3.05. The highest BCUT2D eigenvalue weighted by atomic mass is 79.9. The van der Waals surface area contributed by atoms with E-state index in [4.69, 9.17) is 0 Å². The van der Waals surface area contributed by atoms with Crippen LogP contribution in [-0.2, 0) is 4.79 Å². The fourth-order valence-electron chi connectivity index (χ4n) is 0.993. The maximum atomic E-state index is 11.2. The summed E-state index contributed by atoms with van der Waals surface area (Å²) >= 11 is 6.57. The second-order valence-corrected chi connectivity index (χ2v) is 7.17. The van der Waals surface area contributed by atoms with Gasteiger partial charge in [-0.2, -0.15) is 5.10 Å². The predicted octanol–water partition coefficient (Wildman–Crippen LogP) is 2.00. The van der Waals surface area contributed by atoms with Crippen molar-refractivity contribution in [2.45, 2.75) is 24.0 Å². The first kappa shape index (κ1) is 10.2. The van der Waals surface area contributed by atoms with Gasteiger partial charge in [-0.3, -0.25) is 4.79 Å². The molecule has 0 bridgehead atoms. The molecule has 68 valence electrons. The summed E-state index contributed by atoms with van der Waals surface area (Å²) in [7, 11) is 0. The highest BCUT2D eigenvalue weighted by Crippen LogP contribution is 2.38. The average Bonchev–Trinajstić information content (AvgIpc) is 2.06. The minimum Gasteiger partial charge on any atom is -0.270 e. The Hall–Kier alpha value is 0.1000. The van der Waals surface area contributed by atoms with Crippen LogP contribution < -0.4 is 5.43 Å². The predicted molar refractivity (Wildman–Crippen MR) is 55.6 cm³/mol. The minimum atomic E-state index is -0.821. The van der Waals surface area contributed by atoms with Crippen molar-refractivity contribution in [2.24, 2.45) is 10.5 Å². The molecule has 0 aliphatic carbocycles. The number of rotatable bonds is 0. The first-order valence-corrected chi connectivity index (χ1v) is 5.12. The molecule has 1 aliphatic heterocycles. The van der Waals surface area contributed by atoms with Crippen LogP contribution >= 0.6 is 31.9 Å². The Balaban J connectivity index is 3.03. The van der Waals surface area contributed by atoms with E-state index in [1.807, 2.05) is 20.8 Å². The first-order valence-electron chi connectivity index (χ1n) is 3.53. The fourth-order valence-corrected chi connectivity index (χ4v) is 2.54. The molecule has 0 spiro atoms. The molecule has 1 rings (SSSR count). The van der Waals surface area contributed by atoms with Gasteiger partial charge in [0.1, 0.15) is 0 Å². The Morgan fingerprint density at radius 2 is 1.92 bits per heavy atom. The van der Waals surface area contributed by atoms with Crippen molar-refractivity contribution in [1.82, 2.24) is 5.43 Å².